The molecule has 3 atom stereocenters. The molecule has 1 heterocycles. The number of hydrogen-bond donors (Lipinski definition) is 3. The Kier molecular flexibility index (Phi) is 6.93. The third kappa shape index (κ3) is 4.25. The van der Waals surface area contributed by atoms with E-state index in [1.165, 1.54) is 0 Å². The van der Waals surface area contributed by atoms with E-state index in [2.05, 4.69) is 10.6 Å². The molecule has 1 fully saturated rings. The maximum absolute atomic E-state index is 12.1. The highest BCUT2D eigenvalue weighted by Crippen LogP contribution is 2.29. The Morgan fingerprint density at radius 2 is 2.05 bits per heavy atom. The summed E-state index contributed by atoms with van der Waals surface area (Å²) >= 11 is 0. The van der Waals surface area contributed by atoms with Crippen molar-refractivity contribution in [3.8, 4) is 11.5 Å². The van der Waals surface area contributed by atoms with Crippen LogP contribution >= 0.6 is 12.4 Å². The zero-order chi connectivity index (χ0) is 15.4. The maximum Gasteiger partial charge on any atom is 0.237 e. The number of aliphatic hydroxyl groups is 1. The molecule has 3 unspecified atom stereocenters. The number of carbonyl (C=O) groups excluding carboxylic acids is 1. The Balaban J connectivity index is 0.00000242. The van der Waals surface area contributed by atoms with E-state index in [4.69, 9.17) is 9.47 Å². The first-order valence-electron chi connectivity index (χ1n) is 6.99. The van der Waals surface area contributed by atoms with Crippen LogP contribution in [0, 0.1) is 0 Å². The number of rotatable bonds is 5. The Morgan fingerprint density at radius 3 is 2.59 bits per heavy atom. The van der Waals surface area contributed by atoms with E-state index in [1.54, 1.807) is 14.2 Å². The molecule has 1 aliphatic rings. The van der Waals surface area contributed by atoms with E-state index in [1.807, 2.05) is 25.1 Å². The van der Waals surface area contributed by atoms with Gasteiger partial charge in [-0.15, -0.1) is 12.4 Å². The highest BCUT2D eigenvalue weighted by molar-refractivity contribution is 5.85. The van der Waals surface area contributed by atoms with Crippen LogP contribution in [0.15, 0.2) is 18.2 Å². The van der Waals surface area contributed by atoms with E-state index in [-0.39, 0.29) is 30.4 Å². The number of β-amino-alcohol motifs (C(OH)–C–C–N with tert-alkyl or cyclic N) is 1. The van der Waals surface area contributed by atoms with Crippen LogP contribution in [0.5, 0.6) is 11.5 Å². The van der Waals surface area contributed by atoms with Gasteiger partial charge in [-0.1, -0.05) is 6.07 Å². The molecule has 0 bridgehead atoms. The van der Waals surface area contributed by atoms with Crippen LogP contribution in [-0.2, 0) is 4.79 Å². The van der Waals surface area contributed by atoms with E-state index in [9.17, 15) is 9.90 Å². The zero-order valence-electron chi connectivity index (χ0n) is 13.0. The molecule has 0 aromatic heterocycles. The number of ether oxygens (including phenoxy) is 2. The Bertz CT molecular complexity index is 512. The molecule has 1 amide bonds. The van der Waals surface area contributed by atoms with Crippen molar-refractivity contribution in [1.29, 1.82) is 0 Å². The number of benzene rings is 1. The van der Waals surface area contributed by atoms with E-state index in [0.29, 0.717) is 24.5 Å². The number of methoxy groups -OCH3 is 2. The van der Waals surface area contributed by atoms with Crippen molar-refractivity contribution in [3.63, 3.8) is 0 Å². The molecule has 7 heteroatoms. The van der Waals surface area contributed by atoms with Crippen LogP contribution < -0.4 is 20.1 Å². The zero-order valence-corrected chi connectivity index (χ0v) is 13.8. The molecule has 0 aliphatic carbocycles. The van der Waals surface area contributed by atoms with Gasteiger partial charge in [0.05, 0.1) is 32.4 Å². The molecule has 0 spiro atoms. The van der Waals surface area contributed by atoms with Crippen molar-refractivity contribution in [2.75, 3.05) is 20.8 Å². The lowest BCUT2D eigenvalue weighted by atomic mass is 10.1. The second-order valence-corrected chi connectivity index (χ2v) is 5.20. The van der Waals surface area contributed by atoms with Gasteiger partial charge in [-0.25, -0.2) is 0 Å². The smallest absolute Gasteiger partial charge is 0.237 e. The summed E-state index contributed by atoms with van der Waals surface area (Å²) in [6, 6.07) is 5.07. The van der Waals surface area contributed by atoms with Crippen LogP contribution in [0.3, 0.4) is 0 Å². The average Bonchev–Trinajstić information content (AvgIpc) is 2.93. The molecule has 1 saturated heterocycles. The largest absolute Gasteiger partial charge is 0.493 e. The summed E-state index contributed by atoms with van der Waals surface area (Å²) in [5, 5.41) is 15.4. The molecular weight excluding hydrogens is 308 g/mol. The van der Waals surface area contributed by atoms with Crippen molar-refractivity contribution in [3.05, 3.63) is 23.8 Å². The van der Waals surface area contributed by atoms with Gasteiger partial charge in [0.25, 0.3) is 0 Å². The summed E-state index contributed by atoms with van der Waals surface area (Å²) in [6.07, 6.45) is 0.00180. The van der Waals surface area contributed by atoms with E-state index in [0.717, 1.165) is 5.56 Å². The molecule has 6 nitrogen and oxygen atoms in total. The number of hydrogen-bond acceptors (Lipinski definition) is 5. The summed E-state index contributed by atoms with van der Waals surface area (Å²) in [7, 11) is 3.16. The number of halogens is 1. The van der Waals surface area contributed by atoms with Gasteiger partial charge in [0.15, 0.2) is 11.5 Å². The van der Waals surface area contributed by atoms with Gasteiger partial charge < -0.3 is 25.2 Å². The van der Waals surface area contributed by atoms with Crippen LogP contribution in [0.25, 0.3) is 0 Å². The summed E-state index contributed by atoms with van der Waals surface area (Å²) in [6.45, 7) is 2.37. The van der Waals surface area contributed by atoms with Crippen molar-refractivity contribution < 1.29 is 19.4 Å². The first-order valence-corrected chi connectivity index (χ1v) is 6.99. The lowest BCUT2D eigenvalue weighted by Gasteiger charge is -2.19. The van der Waals surface area contributed by atoms with Crippen molar-refractivity contribution >= 4 is 18.3 Å². The fourth-order valence-corrected chi connectivity index (χ4v) is 2.44. The van der Waals surface area contributed by atoms with E-state index < -0.39 is 6.10 Å². The Hall–Kier alpha value is -1.50. The summed E-state index contributed by atoms with van der Waals surface area (Å²) in [5.74, 6) is 1.18. The quantitative estimate of drug-likeness (QED) is 0.751. The first-order chi connectivity index (χ1) is 10.0. The van der Waals surface area contributed by atoms with Gasteiger partial charge in [0.1, 0.15) is 0 Å². The second-order valence-electron chi connectivity index (χ2n) is 5.20. The van der Waals surface area contributed by atoms with Gasteiger partial charge in [-0.2, -0.15) is 0 Å². The molecule has 1 aromatic carbocycles. The number of nitrogens with one attached hydrogen (secondary N) is 2. The number of amides is 1. The van der Waals surface area contributed by atoms with Gasteiger partial charge in [0.2, 0.25) is 5.91 Å². The van der Waals surface area contributed by atoms with Gasteiger partial charge >= 0.3 is 0 Å². The van der Waals surface area contributed by atoms with Crippen LogP contribution in [0.1, 0.15) is 24.9 Å². The molecule has 0 saturated carbocycles. The van der Waals surface area contributed by atoms with Crippen LogP contribution in [-0.4, -0.2) is 43.9 Å². The minimum Gasteiger partial charge on any atom is -0.493 e. The van der Waals surface area contributed by atoms with Gasteiger partial charge in [-0.05, 0) is 31.0 Å². The standard InChI is InChI=1S/C15H22N2O4.ClH/c1-9(17-15(19)12-7-11(18)8-16-12)10-4-5-13(20-2)14(6-10)21-3;/h4-6,9,11-12,16,18H,7-8H2,1-3H3,(H,17,19);1H. The second kappa shape index (κ2) is 8.22. The lowest BCUT2D eigenvalue weighted by molar-refractivity contribution is -0.123. The monoisotopic (exact) mass is 330 g/mol. The van der Waals surface area contributed by atoms with E-state index >= 15 is 0 Å². The highest BCUT2D eigenvalue weighted by atomic mass is 35.5. The molecule has 3 N–H and O–H groups in total. The van der Waals surface area contributed by atoms with Crippen molar-refractivity contribution in [2.45, 2.75) is 31.5 Å². The fourth-order valence-electron chi connectivity index (χ4n) is 2.44. The van der Waals surface area contributed by atoms with Crippen molar-refractivity contribution in [1.82, 2.24) is 10.6 Å². The minimum atomic E-state index is -0.447. The van der Waals surface area contributed by atoms with Crippen LogP contribution in [0.2, 0.25) is 0 Å². The SMILES string of the molecule is COc1ccc(C(C)NC(=O)C2CC(O)CN2)cc1OC.Cl. The Morgan fingerprint density at radius 1 is 1.36 bits per heavy atom. The number of aliphatic hydroxyl groups excluding tert-OH is 1. The Labute approximate surface area is 136 Å². The molecule has 1 aliphatic heterocycles. The van der Waals surface area contributed by atoms with Crippen LogP contribution in [0.4, 0.5) is 0 Å². The fraction of sp³-hybridized carbons (Fsp3) is 0.533. The summed E-state index contributed by atoms with van der Waals surface area (Å²) in [5.41, 5.74) is 0.930. The van der Waals surface area contributed by atoms with Crippen molar-refractivity contribution in [2.24, 2.45) is 0 Å². The van der Waals surface area contributed by atoms with Gasteiger partial charge in [0, 0.05) is 6.54 Å². The molecule has 22 heavy (non-hydrogen) atoms. The minimum absolute atomic E-state index is 0. The summed E-state index contributed by atoms with van der Waals surface area (Å²) in [4.78, 5) is 12.1. The third-order valence-corrected chi connectivity index (χ3v) is 3.69. The molecule has 124 valence electrons. The molecular formula is C15H23ClN2O4. The predicted molar refractivity (Wildman–Crippen MR) is 85.8 cm³/mol. The first kappa shape index (κ1) is 18.5. The maximum atomic E-state index is 12.1. The summed E-state index contributed by atoms with van der Waals surface area (Å²) < 4.78 is 10.5. The highest BCUT2D eigenvalue weighted by Gasteiger charge is 2.28. The molecule has 1 aromatic rings. The predicted octanol–water partition coefficient (Wildman–Crippen LogP) is 1.03. The topological polar surface area (TPSA) is 79.8 Å². The lowest BCUT2D eigenvalue weighted by Crippen LogP contribution is -2.41. The molecule has 2 rings (SSSR count). The van der Waals surface area contributed by atoms with Gasteiger partial charge in [-0.3, -0.25) is 4.79 Å². The normalized spacial score (nSPS) is 21.6. The molecule has 0 radical (unpaired) electrons. The number of carbonyl (C=O) groups is 1. The average molecular weight is 331 g/mol. The third-order valence-electron chi connectivity index (χ3n) is 3.69.